The Kier molecular flexibility index (Phi) is 7.04. The van der Waals surface area contributed by atoms with Crippen LogP contribution in [0.3, 0.4) is 0 Å². The summed E-state index contributed by atoms with van der Waals surface area (Å²) in [5, 5.41) is 9.93. The number of fused-ring (bicyclic) bond motifs is 1. The van der Waals surface area contributed by atoms with Gasteiger partial charge in [0, 0.05) is 24.0 Å². The fourth-order valence-corrected chi connectivity index (χ4v) is 3.99. The number of nitrogens with one attached hydrogen (secondary N) is 1. The first-order valence-electron chi connectivity index (χ1n) is 10.5. The van der Waals surface area contributed by atoms with Gasteiger partial charge in [0.25, 0.3) is 0 Å². The Balaban J connectivity index is 1.55. The molecule has 10 nitrogen and oxygen atoms in total. The van der Waals surface area contributed by atoms with Gasteiger partial charge in [-0.2, -0.15) is 5.26 Å². The molecule has 0 radical (unpaired) electrons. The Bertz CT molecular complexity index is 1530. The highest BCUT2D eigenvalue weighted by Gasteiger charge is 2.15. The lowest BCUT2D eigenvalue weighted by Gasteiger charge is -2.11. The Morgan fingerprint density at radius 2 is 2.03 bits per heavy atom. The minimum atomic E-state index is -3.48. The number of nitrogens with zero attached hydrogens (tertiary/aromatic N) is 5. The summed E-state index contributed by atoms with van der Waals surface area (Å²) in [6.45, 7) is 2.55. The molecule has 0 spiro atoms. The molecule has 0 saturated carbocycles. The smallest absolute Gasteiger partial charge is 0.236 e. The third-order valence-corrected chi connectivity index (χ3v) is 5.61. The molecule has 0 atom stereocenters. The molecule has 1 aromatic carbocycles. The normalized spacial score (nSPS) is 11.3. The van der Waals surface area contributed by atoms with E-state index in [1.165, 1.54) is 6.20 Å². The molecule has 3 aromatic heterocycles. The largest absolute Gasteiger partial charge is 0.491 e. The van der Waals surface area contributed by atoms with Crippen LogP contribution in [0.2, 0.25) is 5.02 Å². The summed E-state index contributed by atoms with van der Waals surface area (Å²) in [6, 6.07) is 10.8. The van der Waals surface area contributed by atoms with E-state index in [4.69, 9.17) is 21.1 Å². The van der Waals surface area contributed by atoms with E-state index in [2.05, 4.69) is 25.7 Å². The average Bonchev–Trinajstić information content (AvgIpc) is 3.24. The number of sulfonamides is 1. The van der Waals surface area contributed by atoms with Crippen molar-refractivity contribution in [2.75, 3.05) is 17.6 Å². The van der Waals surface area contributed by atoms with Gasteiger partial charge >= 0.3 is 0 Å². The van der Waals surface area contributed by atoms with Crippen molar-refractivity contribution in [2.45, 2.75) is 20.0 Å². The van der Waals surface area contributed by atoms with Crippen LogP contribution in [0.1, 0.15) is 24.6 Å². The summed E-state index contributed by atoms with van der Waals surface area (Å²) in [6.07, 6.45) is 6.76. The van der Waals surface area contributed by atoms with Crippen LogP contribution in [0.5, 0.6) is 11.5 Å². The number of hydrogen-bond donors (Lipinski definition) is 1. The minimum absolute atomic E-state index is 0.0246. The molecule has 0 bridgehead atoms. The van der Waals surface area contributed by atoms with Gasteiger partial charge in [0.05, 0.1) is 41.0 Å². The summed E-state index contributed by atoms with van der Waals surface area (Å²) < 4.78 is 38.3. The zero-order valence-electron chi connectivity index (χ0n) is 18.9. The Labute approximate surface area is 207 Å². The fraction of sp³-hybridized carbons (Fsp3) is 0.217. The maximum atomic E-state index is 11.4. The number of halogens is 1. The minimum Gasteiger partial charge on any atom is -0.491 e. The van der Waals surface area contributed by atoms with Crippen LogP contribution in [0.15, 0.2) is 48.9 Å². The van der Waals surface area contributed by atoms with Gasteiger partial charge < -0.3 is 9.47 Å². The molecule has 0 aliphatic rings. The van der Waals surface area contributed by atoms with Crippen LogP contribution < -0.4 is 14.2 Å². The fourth-order valence-electron chi connectivity index (χ4n) is 3.29. The van der Waals surface area contributed by atoms with Gasteiger partial charge in [-0.15, -0.1) is 0 Å². The van der Waals surface area contributed by atoms with Crippen LogP contribution in [0, 0.1) is 11.3 Å². The summed E-state index contributed by atoms with van der Waals surface area (Å²) in [7, 11) is -3.48. The first kappa shape index (κ1) is 24.3. The maximum Gasteiger partial charge on any atom is 0.236 e. The Morgan fingerprint density at radius 3 is 2.77 bits per heavy atom. The van der Waals surface area contributed by atoms with Crippen molar-refractivity contribution in [3.05, 3.63) is 65.2 Å². The second-order valence-electron chi connectivity index (χ2n) is 7.56. The monoisotopic (exact) mass is 512 g/mol. The van der Waals surface area contributed by atoms with Gasteiger partial charge in [-0.1, -0.05) is 18.5 Å². The molecule has 1 N–H and O–H groups in total. The third kappa shape index (κ3) is 5.79. The lowest BCUT2D eigenvalue weighted by Crippen LogP contribution is -2.13. The predicted molar refractivity (Wildman–Crippen MR) is 131 cm³/mol. The molecule has 35 heavy (non-hydrogen) atoms. The summed E-state index contributed by atoms with van der Waals surface area (Å²) in [5.41, 5.74) is 2.95. The third-order valence-electron chi connectivity index (χ3n) is 4.77. The van der Waals surface area contributed by atoms with Crippen LogP contribution in [0.25, 0.3) is 16.9 Å². The SMILES string of the molecule is CCCOc1c(Cl)cc(-c2cnc3cc(OCc4ccnc(NS(C)(=O)=O)n4)ccn23)cc1C#N. The molecular formula is C23H21ClN6O4S. The van der Waals surface area contributed by atoms with Gasteiger partial charge in [0.1, 0.15) is 24.1 Å². The van der Waals surface area contributed by atoms with Gasteiger partial charge in [0.2, 0.25) is 16.0 Å². The van der Waals surface area contributed by atoms with E-state index in [0.29, 0.717) is 40.0 Å². The lowest BCUT2D eigenvalue weighted by molar-refractivity contribution is 0.301. The predicted octanol–water partition coefficient (Wildman–Crippen LogP) is 4.06. The van der Waals surface area contributed by atoms with Crippen molar-refractivity contribution in [3.8, 4) is 28.8 Å². The Hall–Kier alpha value is -3.88. The van der Waals surface area contributed by atoms with Crippen molar-refractivity contribution in [3.63, 3.8) is 0 Å². The van der Waals surface area contributed by atoms with E-state index in [1.807, 2.05) is 11.3 Å². The quantitative estimate of drug-likeness (QED) is 0.355. The molecule has 0 unspecified atom stereocenters. The average molecular weight is 513 g/mol. The van der Waals surface area contributed by atoms with E-state index in [-0.39, 0.29) is 12.6 Å². The standard InChI is InChI=1S/C23H21ClN6O4S/c1-3-8-33-22-16(12-25)9-15(10-19(22)24)20-13-27-21-11-18(5-7-30(20)21)34-14-17-4-6-26-23(28-17)29-35(2,31)32/h4-7,9-11,13H,3,8,14H2,1-2H3,(H,26,28,29). The number of imidazole rings is 1. The molecule has 3 heterocycles. The molecule has 0 aliphatic carbocycles. The second kappa shape index (κ2) is 10.2. The van der Waals surface area contributed by atoms with Gasteiger partial charge in [0.15, 0.2) is 5.75 Å². The first-order chi connectivity index (χ1) is 16.8. The van der Waals surface area contributed by atoms with Crippen molar-refractivity contribution in [2.24, 2.45) is 0 Å². The van der Waals surface area contributed by atoms with E-state index in [1.54, 1.807) is 42.7 Å². The summed E-state index contributed by atoms with van der Waals surface area (Å²) in [4.78, 5) is 12.5. The maximum absolute atomic E-state index is 11.4. The van der Waals surface area contributed by atoms with E-state index < -0.39 is 10.0 Å². The molecule has 180 valence electrons. The van der Waals surface area contributed by atoms with Gasteiger partial charge in [-0.05, 0) is 30.7 Å². The number of aromatic nitrogens is 4. The number of anilines is 1. The number of hydrogen-bond acceptors (Lipinski definition) is 8. The lowest BCUT2D eigenvalue weighted by atomic mass is 10.1. The highest BCUT2D eigenvalue weighted by molar-refractivity contribution is 7.91. The van der Waals surface area contributed by atoms with Gasteiger partial charge in [-0.3, -0.25) is 9.12 Å². The number of nitriles is 1. The molecule has 0 aliphatic heterocycles. The number of ether oxygens (including phenoxy) is 2. The molecule has 12 heteroatoms. The second-order valence-corrected chi connectivity index (χ2v) is 9.72. The van der Waals surface area contributed by atoms with Crippen molar-refractivity contribution in [1.29, 1.82) is 5.26 Å². The zero-order valence-corrected chi connectivity index (χ0v) is 20.5. The molecule has 0 fully saturated rings. The number of pyridine rings is 1. The van der Waals surface area contributed by atoms with Crippen LogP contribution in [-0.2, 0) is 16.6 Å². The highest BCUT2D eigenvalue weighted by Crippen LogP contribution is 2.35. The van der Waals surface area contributed by atoms with Crippen LogP contribution in [0.4, 0.5) is 5.95 Å². The highest BCUT2D eigenvalue weighted by atomic mass is 35.5. The van der Waals surface area contributed by atoms with E-state index in [0.717, 1.165) is 23.9 Å². The zero-order chi connectivity index (χ0) is 25.0. The molecule has 4 aromatic rings. The molecular weight excluding hydrogens is 492 g/mol. The van der Waals surface area contributed by atoms with Crippen molar-refractivity contribution >= 4 is 33.2 Å². The topological polar surface area (TPSA) is 132 Å². The van der Waals surface area contributed by atoms with Crippen molar-refractivity contribution < 1.29 is 17.9 Å². The number of benzene rings is 1. The van der Waals surface area contributed by atoms with Crippen LogP contribution in [-0.4, -0.2) is 40.6 Å². The van der Waals surface area contributed by atoms with E-state index in [9.17, 15) is 13.7 Å². The van der Waals surface area contributed by atoms with E-state index >= 15 is 0 Å². The Morgan fingerprint density at radius 1 is 1.20 bits per heavy atom. The number of rotatable bonds is 9. The van der Waals surface area contributed by atoms with Crippen molar-refractivity contribution in [1.82, 2.24) is 19.4 Å². The summed E-state index contributed by atoms with van der Waals surface area (Å²) in [5.74, 6) is 0.900. The molecule has 4 rings (SSSR count). The van der Waals surface area contributed by atoms with Crippen LogP contribution >= 0.6 is 11.6 Å². The summed E-state index contributed by atoms with van der Waals surface area (Å²) >= 11 is 6.41. The molecule has 0 saturated heterocycles. The first-order valence-corrected chi connectivity index (χ1v) is 12.8. The molecule has 0 amide bonds. The van der Waals surface area contributed by atoms with Gasteiger partial charge in [-0.25, -0.2) is 23.4 Å².